The average Bonchev–Trinajstić information content (AvgIpc) is 2.95. The molecule has 1 atom stereocenters. The second kappa shape index (κ2) is 8.80. The molecule has 4 rings (SSSR count). The minimum Gasteiger partial charge on any atom is -0.326 e. The van der Waals surface area contributed by atoms with Gasteiger partial charge in [0.05, 0.1) is 10.8 Å². The number of anilines is 2. The van der Waals surface area contributed by atoms with Gasteiger partial charge in [0.25, 0.3) is 0 Å². The summed E-state index contributed by atoms with van der Waals surface area (Å²) in [4.78, 5) is 24.8. The summed E-state index contributed by atoms with van der Waals surface area (Å²) in [6.45, 7) is 2.48. The highest BCUT2D eigenvalue weighted by molar-refractivity contribution is 7.89. The molecule has 8 heteroatoms. The Morgan fingerprint density at radius 3 is 2.74 bits per heavy atom. The Bertz CT molecular complexity index is 1110. The zero-order valence-electron chi connectivity index (χ0n) is 17.6. The van der Waals surface area contributed by atoms with Crippen molar-refractivity contribution in [1.82, 2.24) is 4.31 Å². The topological polar surface area (TPSA) is 95.6 Å². The minimum absolute atomic E-state index is 0.0482. The first-order valence-corrected chi connectivity index (χ1v) is 12.1. The molecule has 0 saturated carbocycles. The van der Waals surface area contributed by atoms with Gasteiger partial charge in [0, 0.05) is 30.9 Å². The molecule has 2 amide bonds. The van der Waals surface area contributed by atoms with E-state index in [1.54, 1.807) is 12.1 Å². The molecular formula is C23H27N3O4S. The Labute approximate surface area is 182 Å². The highest BCUT2D eigenvalue weighted by Crippen LogP contribution is 2.29. The quantitative estimate of drug-likeness (QED) is 0.761. The zero-order chi connectivity index (χ0) is 22.0. The van der Waals surface area contributed by atoms with Crippen LogP contribution in [0.5, 0.6) is 0 Å². The summed E-state index contributed by atoms with van der Waals surface area (Å²) in [5, 5.41) is 5.77. The van der Waals surface area contributed by atoms with Crippen molar-refractivity contribution in [2.75, 3.05) is 23.7 Å². The van der Waals surface area contributed by atoms with Crippen molar-refractivity contribution in [2.45, 2.75) is 43.9 Å². The molecule has 0 aromatic heterocycles. The van der Waals surface area contributed by atoms with Gasteiger partial charge in [-0.2, -0.15) is 4.31 Å². The Morgan fingerprint density at radius 2 is 1.94 bits per heavy atom. The van der Waals surface area contributed by atoms with Crippen LogP contribution in [0.25, 0.3) is 0 Å². The van der Waals surface area contributed by atoms with Gasteiger partial charge in [-0.15, -0.1) is 0 Å². The summed E-state index contributed by atoms with van der Waals surface area (Å²) in [7, 11) is -3.73. The maximum atomic E-state index is 13.3. The number of nitrogens with zero attached hydrogens (tertiary/aromatic N) is 1. The number of hydrogen-bond acceptors (Lipinski definition) is 4. The molecule has 1 fully saturated rings. The fraction of sp³-hybridized carbons (Fsp3) is 0.391. The molecule has 164 valence electrons. The monoisotopic (exact) mass is 441 g/mol. The van der Waals surface area contributed by atoms with Crippen LogP contribution in [0.4, 0.5) is 11.4 Å². The summed E-state index contributed by atoms with van der Waals surface area (Å²) in [6.07, 6.45) is 3.05. The molecule has 2 heterocycles. The number of fused-ring (bicyclic) bond motifs is 1. The lowest BCUT2D eigenvalue weighted by Crippen LogP contribution is -2.43. The Kier molecular flexibility index (Phi) is 6.11. The lowest BCUT2D eigenvalue weighted by molar-refractivity contribution is -0.121. The number of rotatable bonds is 4. The smallest absolute Gasteiger partial charge is 0.243 e. The highest BCUT2D eigenvalue weighted by atomic mass is 32.2. The van der Waals surface area contributed by atoms with Crippen molar-refractivity contribution in [3.63, 3.8) is 0 Å². The standard InChI is InChI=1S/C23H27N3O4S/c1-16-6-2-3-9-20(16)25-23(28)18-8-5-13-26(15-18)31(29,30)19-11-12-21-17(14-19)7-4-10-22(27)24-21/h2-3,6,9,11-12,14,18H,4-5,7-8,10,13,15H2,1H3,(H,24,27)(H,25,28)/t18-/m1/s1. The minimum atomic E-state index is -3.73. The second-order valence-corrected chi connectivity index (χ2v) is 10.2. The van der Waals surface area contributed by atoms with Crippen molar-refractivity contribution < 1.29 is 18.0 Å². The van der Waals surface area contributed by atoms with E-state index in [0.717, 1.165) is 16.8 Å². The second-order valence-electron chi connectivity index (χ2n) is 8.23. The van der Waals surface area contributed by atoms with Gasteiger partial charge in [0.15, 0.2) is 0 Å². The van der Waals surface area contributed by atoms with Crippen molar-refractivity contribution >= 4 is 33.2 Å². The number of nitrogens with one attached hydrogen (secondary N) is 2. The molecule has 2 aliphatic heterocycles. The fourth-order valence-corrected chi connectivity index (χ4v) is 5.76. The summed E-state index contributed by atoms with van der Waals surface area (Å²) >= 11 is 0. The third-order valence-electron chi connectivity index (χ3n) is 6.00. The third-order valence-corrected chi connectivity index (χ3v) is 7.86. The molecule has 2 aromatic carbocycles. The van der Waals surface area contributed by atoms with Crippen molar-refractivity contribution in [3.8, 4) is 0 Å². The first kappa shape index (κ1) is 21.5. The van der Waals surface area contributed by atoms with Gasteiger partial charge in [-0.3, -0.25) is 9.59 Å². The van der Waals surface area contributed by atoms with E-state index in [1.165, 1.54) is 10.4 Å². The van der Waals surface area contributed by atoms with Crippen molar-refractivity contribution in [3.05, 3.63) is 53.6 Å². The van der Waals surface area contributed by atoms with E-state index in [1.807, 2.05) is 31.2 Å². The van der Waals surface area contributed by atoms with Crippen molar-refractivity contribution in [1.29, 1.82) is 0 Å². The Balaban J connectivity index is 1.51. The number of piperidine rings is 1. The third kappa shape index (κ3) is 4.65. The predicted molar refractivity (Wildman–Crippen MR) is 119 cm³/mol. The number of carbonyl (C=O) groups is 2. The predicted octanol–water partition coefficient (Wildman–Crippen LogP) is 3.31. The maximum absolute atomic E-state index is 13.3. The number of hydrogen-bond donors (Lipinski definition) is 2. The van der Waals surface area contributed by atoms with Crippen LogP contribution >= 0.6 is 0 Å². The number of carbonyl (C=O) groups excluding carboxylic acids is 2. The molecule has 1 saturated heterocycles. The molecular weight excluding hydrogens is 414 g/mol. The fourth-order valence-electron chi connectivity index (χ4n) is 4.18. The SMILES string of the molecule is Cc1ccccc1NC(=O)[C@@H]1CCCN(S(=O)(=O)c2ccc3c(c2)CCCC(=O)N3)C1. The summed E-state index contributed by atoms with van der Waals surface area (Å²) in [5.74, 6) is -0.602. The number of para-hydroxylation sites is 1. The Morgan fingerprint density at radius 1 is 1.13 bits per heavy atom. The molecule has 7 nitrogen and oxygen atoms in total. The normalized spacial score (nSPS) is 19.8. The maximum Gasteiger partial charge on any atom is 0.243 e. The summed E-state index contributed by atoms with van der Waals surface area (Å²) in [5.41, 5.74) is 3.22. The Hall–Kier alpha value is -2.71. The van der Waals surface area contributed by atoms with Crippen molar-refractivity contribution in [2.24, 2.45) is 5.92 Å². The van der Waals surface area contributed by atoms with Gasteiger partial charge in [0.1, 0.15) is 0 Å². The van der Waals surface area contributed by atoms with Gasteiger partial charge in [0.2, 0.25) is 21.8 Å². The van der Waals surface area contributed by atoms with E-state index in [4.69, 9.17) is 0 Å². The molecule has 2 aliphatic rings. The van der Waals surface area contributed by atoms with Gasteiger partial charge in [-0.25, -0.2) is 8.42 Å². The first-order valence-electron chi connectivity index (χ1n) is 10.6. The van der Waals surface area contributed by atoms with E-state index < -0.39 is 15.9 Å². The summed E-state index contributed by atoms with van der Waals surface area (Å²) < 4.78 is 28.0. The van der Waals surface area contributed by atoms with Gasteiger partial charge >= 0.3 is 0 Å². The van der Waals surface area contributed by atoms with Crippen LogP contribution in [-0.2, 0) is 26.0 Å². The molecule has 2 N–H and O–H groups in total. The molecule has 0 unspecified atom stereocenters. The zero-order valence-corrected chi connectivity index (χ0v) is 18.4. The molecule has 31 heavy (non-hydrogen) atoms. The van der Waals surface area contributed by atoms with Crippen LogP contribution in [0.15, 0.2) is 47.4 Å². The van der Waals surface area contributed by atoms with E-state index in [2.05, 4.69) is 10.6 Å². The number of sulfonamides is 1. The lowest BCUT2D eigenvalue weighted by atomic mass is 9.98. The molecule has 0 aliphatic carbocycles. The molecule has 0 spiro atoms. The van der Waals surface area contributed by atoms with Crippen LogP contribution in [0, 0.1) is 12.8 Å². The largest absolute Gasteiger partial charge is 0.326 e. The van der Waals surface area contributed by atoms with E-state index in [0.29, 0.717) is 44.3 Å². The van der Waals surface area contributed by atoms with Crippen LogP contribution in [-0.4, -0.2) is 37.6 Å². The van der Waals surface area contributed by atoms with Gasteiger partial charge in [-0.05, 0) is 68.0 Å². The average molecular weight is 442 g/mol. The molecule has 0 radical (unpaired) electrons. The van der Waals surface area contributed by atoms with Crippen LogP contribution in [0.1, 0.15) is 36.8 Å². The van der Waals surface area contributed by atoms with E-state index in [-0.39, 0.29) is 23.3 Å². The van der Waals surface area contributed by atoms with E-state index in [9.17, 15) is 18.0 Å². The molecule has 2 aromatic rings. The molecule has 0 bridgehead atoms. The van der Waals surface area contributed by atoms with E-state index >= 15 is 0 Å². The van der Waals surface area contributed by atoms with Gasteiger partial charge < -0.3 is 10.6 Å². The van der Waals surface area contributed by atoms with Crippen LogP contribution < -0.4 is 10.6 Å². The van der Waals surface area contributed by atoms with Crippen LogP contribution in [0.3, 0.4) is 0 Å². The van der Waals surface area contributed by atoms with Gasteiger partial charge in [-0.1, -0.05) is 18.2 Å². The lowest BCUT2D eigenvalue weighted by Gasteiger charge is -2.31. The highest BCUT2D eigenvalue weighted by Gasteiger charge is 2.34. The number of benzene rings is 2. The first-order chi connectivity index (χ1) is 14.8. The summed E-state index contributed by atoms with van der Waals surface area (Å²) in [6, 6.07) is 12.4. The number of aryl methyl sites for hydroxylation is 2. The van der Waals surface area contributed by atoms with Crippen LogP contribution in [0.2, 0.25) is 0 Å². The number of amides is 2.